The molecule has 0 spiro atoms. The first-order chi connectivity index (χ1) is 9.54. The lowest BCUT2D eigenvalue weighted by atomic mass is 10.2. The van der Waals surface area contributed by atoms with Gasteiger partial charge in [0.25, 0.3) is 0 Å². The van der Waals surface area contributed by atoms with Crippen LogP contribution in [0.4, 0.5) is 4.39 Å². The molecule has 1 heterocycles. The topological polar surface area (TPSA) is 46.9 Å². The average molecular weight is 387 g/mol. The Kier molecular flexibility index (Phi) is 5.11. The Morgan fingerprint density at radius 2 is 2.10 bits per heavy atom. The van der Waals surface area contributed by atoms with E-state index >= 15 is 0 Å². The van der Waals surface area contributed by atoms with Crippen molar-refractivity contribution in [3.63, 3.8) is 0 Å². The van der Waals surface area contributed by atoms with Crippen LogP contribution in [0.3, 0.4) is 0 Å². The van der Waals surface area contributed by atoms with Crippen LogP contribution < -0.4 is 5.32 Å². The molecule has 6 heteroatoms. The van der Waals surface area contributed by atoms with Crippen LogP contribution in [0.5, 0.6) is 0 Å². The van der Waals surface area contributed by atoms with E-state index in [1.54, 1.807) is 16.8 Å². The molecule has 0 unspecified atom stereocenters. The third kappa shape index (κ3) is 4.29. The lowest BCUT2D eigenvalue weighted by molar-refractivity contribution is -0.121. The number of halogens is 2. The molecule has 0 radical (unpaired) electrons. The van der Waals surface area contributed by atoms with Gasteiger partial charge in [-0.15, -0.1) is 0 Å². The number of benzene rings is 1. The first kappa shape index (κ1) is 15.0. The second kappa shape index (κ2) is 6.83. The molecule has 0 saturated carbocycles. The van der Waals surface area contributed by atoms with Crippen molar-refractivity contribution in [2.45, 2.75) is 26.4 Å². The molecule has 0 saturated heterocycles. The fourth-order valence-electron chi connectivity index (χ4n) is 1.72. The predicted octanol–water partition coefficient (Wildman–Crippen LogP) is 2.64. The Balaban J connectivity index is 1.76. The summed E-state index contributed by atoms with van der Waals surface area (Å²) >= 11 is 2.21. The van der Waals surface area contributed by atoms with Crippen molar-refractivity contribution in [2.75, 3.05) is 0 Å². The fourth-order valence-corrected chi connectivity index (χ4v) is 2.14. The molecular weight excluding hydrogens is 372 g/mol. The molecule has 1 aromatic heterocycles. The summed E-state index contributed by atoms with van der Waals surface area (Å²) in [5.74, 6) is -0.318. The van der Waals surface area contributed by atoms with Crippen LogP contribution in [-0.2, 0) is 17.9 Å². The lowest BCUT2D eigenvalue weighted by Gasteiger charge is -2.05. The van der Waals surface area contributed by atoms with Gasteiger partial charge in [0.1, 0.15) is 5.82 Å². The second-order valence-electron chi connectivity index (χ2n) is 4.48. The Morgan fingerprint density at radius 1 is 1.40 bits per heavy atom. The van der Waals surface area contributed by atoms with Gasteiger partial charge in [-0.1, -0.05) is 12.1 Å². The highest BCUT2D eigenvalue weighted by Gasteiger charge is 2.05. The predicted molar refractivity (Wildman–Crippen MR) is 82.5 cm³/mol. The van der Waals surface area contributed by atoms with Crippen molar-refractivity contribution >= 4 is 28.5 Å². The van der Waals surface area contributed by atoms with E-state index < -0.39 is 0 Å². The zero-order valence-electron chi connectivity index (χ0n) is 11.1. The molecule has 0 aliphatic carbocycles. The molecular formula is C14H15FIN3O. The smallest absolute Gasteiger partial charge is 0.222 e. The maximum atomic E-state index is 12.7. The van der Waals surface area contributed by atoms with Crippen LogP contribution in [-0.4, -0.2) is 15.7 Å². The number of aryl methyl sites for hydroxylation is 2. The zero-order valence-corrected chi connectivity index (χ0v) is 13.2. The Morgan fingerprint density at radius 3 is 2.70 bits per heavy atom. The summed E-state index contributed by atoms with van der Waals surface area (Å²) in [5.41, 5.74) is 1.85. The highest BCUT2D eigenvalue weighted by Crippen LogP contribution is 2.08. The summed E-state index contributed by atoms with van der Waals surface area (Å²) in [4.78, 5) is 11.7. The molecule has 106 valence electrons. The summed E-state index contributed by atoms with van der Waals surface area (Å²) in [6.45, 7) is 2.90. The quantitative estimate of drug-likeness (QED) is 0.802. The highest BCUT2D eigenvalue weighted by atomic mass is 127. The Bertz CT molecular complexity index is 575. The molecule has 1 aromatic carbocycles. The van der Waals surface area contributed by atoms with E-state index in [4.69, 9.17) is 0 Å². The number of hydrogen-bond acceptors (Lipinski definition) is 2. The molecule has 4 nitrogen and oxygen atoms in total. The van der Waals surface area contributed by atoms with Crippen molar-refractivity contribution in [3.05, 3.63) is 51.1 Å². The number of carbonyl (C=O) groups is 1. The van der Waals surface area contributed by atoms with Gasteiger partial charge in [-0.25, -0.2) is 4.39 Å². The minimum Gasteiger partial charge on any atom is -0.352 e. The SMILES string of the molecule is Cc1nn(CCC(=O)NCc2ccc(F)cc2)cc1I. The van der Waals surface area contributed by atoms with Crippen molar-refractivity contribution in [3.8, 4) is 0 Å². The van der Waals surface area contributed by atoms with Gasteiger partial charge in [-0.3, -0.25) is 9.48 Å². The van der Waals surface area contributed by atoms with E-state index in [1.807, 2.05) is 13.1 Å². The van der Waals surface area contributed by atoms with E-state index in [9.17, 15) is 9.18 Å². The van der Waals surface area contributed by atoms with Crippen molar-refractivity contribution in [1.82, 2.24) is 15.1 Å². The molecule has 0 aliphatic rings. The first-order valence-electron chi connectivity index (χ1n) is 6.25. The van der Waals surface area contributed by atoms with Crippen LogP contribution in [0.15, 0.2) is 30.5 Å². The summed E-state index contributed by atoms with van der Waals surface area (Å²) < 4.78 is 15.6. The third-order valence-corrected chi connectivity index (χ3v) is 3.92. The van der Waals surface area contributed by atoms with Crippen LogP contribution in [0.1, 0.15) is 17.7 Å². The van der Waals surface area contributed by atoms with Gasteiger partial charge in [0.2, 0.25) is 5.91 Å². The zero-order chi connectivity index (χ0) is 14.5. The van der Waals surface area contributed by atoms with Gasteiger partial charge in [0, 0.05) is 25.7 Å². The van der Waals surface area contributed by atoms with Gasteiger partial charge in [-0.2, -0.15) is 5.10 Å². The van der Waals surface area contributed by atoms with Crippen LogP contribution in [0, 0.1) is 16.3 Å². The summed E-state index contributed by atoms with van der Waals surface area (Å²) in [7, 11) is 0. The molecule has 2 aromatic rings. The van der Waals surface area contributed by atoms with Gasteiger partial charge in [0.15, 0.2) is 0 Å². The van der Waals surface area contributed by atoms with E-state index in [0.717, 1.165) is 14.8 Å². The summed E-state index contributed by atoms with van der Waals surface area (Å²) in [6.07, 6.45) is 2.29. The molecule has 1 amide bonds. The van der Waals surface area contributed by atoms with Crippen LogP contribution in [0.2, 0.25) is 0 Å². The maximum Gasteiger partial charge on any atom is 0.222 e. The molecule has 2 rings (SSSR count). The first-order valence-corrected chi connectivity index (χ1v) is 7.33. The van der Waals surface area contributed by atoms with Gasteiger partial charge in [0.05, 0.1) is 9.26 Å². The highest BCUT2D eigenvalue weighted by molar-refractivity contribution is 14.1. The number of nitrogens with one attached hydrogen (secondary N) is 1. The maximum absolute atomic E-state index is 12.7. The summed E-state index contributed by atoms with van der Waals surface area (Å²) in [5, 5.41) is 7.10. The summed E-state index contributed by atoms with van der Waals surface area (Å²) in [6, 6.07) is 6.09. The molecule has 0 atom stereocenters. The molecule has 1 N–H and O–H groups in total. The minimum atomic E-state index is -0.274. The fraction of sp³-hybridized carbons (Fsp3) is 0.286. The molecule has 0 aliphatic heterocycles. The monoisotopic (exact) mass is 387 g/mol. The average Bonchev–Trinajstić information content (AvgIpc) is 2.75. The van der Waals surface area contributed by atoms with Gasteiger partial charge >= 0.3 is 0 Å². The lowest BCUT2D eigenvalue weighted by Crippen LogP contribution is -2.24. The molecule has 0 fully saturated rings. The molecule has 0 bridgehead atoms. The second-order valence-corrected chi connectivity index (χ2v) is 5.64. The largest absolute Gasteiger partial charge is 0.352 e. The third-order valence-electron chi connectivity index (χ3n) is 2.86. The van der Waals surface area contributed by atoms with E-state index in [1.165, 1.54) is 12.1 Å². The van der Waals surface area contributed by atoms with E-state index in [-0.39, 0.29) is 11.7 Å². The van der Waals surface area contributed by atoms with E-state index in [2.05, 4.69) is 33.0 Å². The van der Waals surface area contributed by atoms with E-state index in [0.29, 0.717) is 19.5 Å². The van der Waals surface area contributed by atoms with Crippen molar-refractivity contribution < 1.29 is 9.18 Å². The van der Waals surface area contributed by atoms with Gasteiger partial charge < -0.3 is 5.32 Å². The Labute approximate surface area is 130 Å². The number of hydrogen-bond donors (Lipinski definition) is 1. The van der Waals surface area contributed by atoms with Gasteiger partial charge in [-0.05, 0) is 47.2 Å². The minimum absolute atomic E-state index is 0.0440. The number of aromatic nitrogens is 2. The normalized spacial score (nSPS) is 10.6. The standard InChI is InChI=1S/C14H15FIN3O/c1-10-13(16)9-19(18-10)7-6-14(20)17-8-11-2-4-12(15)5-3-11/h2-5,9H,6-8H2,1H3,(H,17,20). The van der Waals surface area contributed by atoms with Crippen LogP contribution in [0.25, 0.3) is 0 Å². The van der Waals surface area contributed by atoms with Crippen LogP contribution >= 0.6 is 22.6 Å². The van der Waals surface area contributed by atoms with Crippen molar-refractivity contribution in [1.29, 1.82) is 0 Å². The Hall–Kier alpha value is -1.44. The number of nitrogens with zero attached hydrogens (tertiary/aromatic N) is 2. The number of amides is 1. The number of carbonyl (C=O) groups excluding carboxylic acids is 1. The van der Waals surface area contributed by atoms with Crippen molar-refractivity contribution in [2.24, 2.45) is 0 Å². The number of rotatable bonds is 5. The molecule has 20 heavy (non-hydrogen) atoms.